The van der Waals surface area contributed by atoms with Crippen molar-refractivity contribution in [1.82, 2.24) is 39.3 Å². The van der Waals surface area contributed by atoms with Crippen molar-refractivity contribution in [3.05, 3.63) is 105 Å². The van der Waals surface area contributed by atoms with Crippen molar-refractivity contribution in [2.45, 2.75) is 31.5 Å². The van der Waals surface area contributed by atoms with Crippen LogP contribution in [0.1, 0.15) is 46.8 Å². The molecule has 2 aliphatic rings. The van der Waals surface area contributed by atoms with E-state index in [0.717, 1.165) is 4.47 Å². The molecule has 62 heavy (non-hydrogen) atoms. The number of likely N-dealkylation sites (tertiary alicyclic amines) is 2. The van der Waals surface area contributed by atoms with Crippen LogP contribution in [0.25, 0.3) is 33.4 Å². The highest BCUT2D eigenvalue weighted by molar-refractivity contribution is 9.10. The zero-order chi connectivity index (χ0) is 44.2. The highest BCUT2D eigenvalue weighted by atomic mass is 79.9. The van der Waals surface area contributed by atoms with Gasteiger partial charge in [0.15, 0.2) is 22.7 Å². The van der Waals surface area contributed by atoms with Gasteiger partial charge in [-0.1, -0.05) is 64.3 Å². The van der Waals surface area contributed by atoms with Crippen LogP contribution in [0.15, 0.2) is 77.5 Å². The summed E-state index contributed by atoms with van der Waals surface area (Å²) in [4.78, 5) is 58.5. The maximum absolute atomic E-state index is 12.1. The van der Waals surface area contributed by atoms with Crippen molar-refractivity contribution in [3.63, 3.8) is 0 Å². The molecule has 2 amide bonds. The van der Waals surface area contributed by atoms with Crippen molar-refractivity contribution in [2.24, 2.45) is 0 Å². The number of hydrogen-bond acceptors (Lipinski definition) is 12. The average Bonchev–Trinajstić information content (AvgIpc) is 3.98. The lowest BCUT2D eigenvalue weighted by atomic mass is 10.0. The minimum Gasteiger partial charge on any atom is -0.464 e. The first kappa shape index (κ1) is 46.7. The largest absolute Gasteiger partial charge is 0.464 e. The van der Waals surface area contributed by atoms with Crippen molar-refractivity contribution in [2.75, 3.05) is 41.4 Å². The van der Waals surface area contributed by atoms with Crippen LogP contribution in [0.4, 0.5) is 0 Å². The summed E-state index contributed by atoms with van der Waals surface area (Å²) in [5.41, 5.74) is -0.173. The summed E-state index contributed by atoms with van der Waals surface area (Å²) < 4.78 is 13.4. The monoisotopic (exact) mass is 944 g/mol. The van der Waals surface area contributed by atoms with Gasteiger partial charge in [0.2, 0.25) is 11.2 Å². The predicted molar refractivity (Wildman–Crippen MR) is 235 cm³/mol. The van der Waals surface area contributed by atoms with Gasteiger partial charge in [0.05, 0.1) is 36.4 Å². The quantitative estimate of drug-likeness (QED) is 0.172. The Labute approximate surface area is 374 Å². The number of esters is 2. The maximum Gasteiger partial charge on any atom is 0.359 e. The number of aliphatic hydroxyl groups is 2. The van der Waals surface area contributed by atoms with Crippen LogP contribution in [0.2, 0.25) is 10.0 Å². The molecule has 6 heterocycles. The number of halogens is 3. The highest BCUT2D eigenvalue weighted by Crippen LogP contribution is 2.28. The van der Waals surface area contributed by atoms with Crippen molar-refractivity contribution < 1.29 is 38.9 Å². The molecule has 6 aromatic rings. The summed E-state index contributed by atoms with van der Waals surface area (Å²) >= 11 is 15.7. The Balaban J connectivity index is 0.000000196. The molecule has 0 aliphatic carbocycles. The normalized spacial score (nSPS) is 17.8. The second-order valence-electron chi connectivity index (χ2n) is 13.6. The lowest BCUT2D eigenvalue weighted by molar-refractivity contribution is -0.138. The van der Waals surface area contributed by atoms with Crippen LogP contribution in [0, 0.1) is 24.2 Å². The molecule has 0 spiro atoms. The standard InChI is InChI=1S/C21H17ClN4O4.C14H9BrClN3O2.C7H9NO2.CH4/c1-25-9-7-21(29,20(25)28)6-5-13-10-14(22)12-15(11-13)26-18-16(4-3-8-23-18)17(24-26)19(27)30-2;1-21-14(20)12-11-3-2-4-17-13(11)19(18-12)10-6-8(15)5-9(16)7-10;1-3-7(10)4-5-8(2)6(7)9;/h3-4,8,10-12,29H,7,9H2,1-2H3;2-7H,1H3;1,10H,4-5H2,2H3;1H4/t21-;;7-;/m0.0./s1. The Morgan fingerprint density at radius 3 is 1.66 bits per heavy atom. The number of fused-ring (bicyclic) bond motifs is 2. The topological polar surface area (TPSA) is 195 Å². The number of rotatable bonds is 4. The van der Waals surface area contributed by atoms with Crippen LogP contribution >= 0.6 is 39.1 Å². The van der Waals surface area contributed by atoms with Crippen LogP contribution < -0.4 is 0 Å². The molecule has 0 radical (unpaired) electrons. The maximum atomic E-state index is 12.1. The van der Waals surface area contributed by atoms with Crippen LogP contribution in [-0.2, 0) is 19.1 Å². The SMILES string of the molecule is C.C#C[C@]1(O)CCN(C)C1=O.COC(=O)c1nn(-c2cc(Cl)cc(Br)c2)c2ncccc12.COC(=O)c1nn(-c2cc(Cl)cc(C#C[C@]3(O)CCN(C)C3=O)c2)c2ncccc12. The third-order valence-corrected chi connectivity index (χ3v) is 10.4. The lowest BCUT2D eigenvalue weighted by Crippen LogP contribution is -2.37. The predicted octanol–water partition coefficient (Wildman–Crippen LogP) is 5.28. The first-order valence-electron chi connectivity index (χ1n) is 18.1. The number of pyridine rings is 2. The number of ether oxygens (including phenoxy) is 2. The molecule has 2 fully saturated rings. The van der Waals surface area contributed by atoms with E-state index in [9.17, 15) is 29.4 Å². The molecule has 2 aromatic carbocycles. The number of benzene rings is 2. The smallest absolute Gasteiger partial charge is 0.359 e. The van der Waals surface area contributed by atoms with E-state index in [1.165, 1.54) is 28.7 Å². The molecule has 2 N–H and O–H groups in total. The van der Waals surface area contributed by atoms with Gasteiger partial charge >= 0.3 is 11.9 Å². The number of carbonyl (C=O) groups is 4. The molecule has 4 aromatic heterocycles. The Morgan fingerprint density at radius 2 is 1.24 bits per heavy atom. The first-order valence-corrected chi connectivity index (χ1v) is 19.7. The van der Waals surface area contributed by atoms with E-state index in [-0.39, 0.29) is 31.1 Å². The first-order chi connectivity index (χ1) is 29.0. The number of nitrogens with zero attached hydrogens (tertiary/aromatic N) is 8. The summed E-state index contributed by atoms with van der Waals surface area (Å²) in [6.07, 6.45) is 8.78. The summed E-state index contributed by atoms with van der Waals surface area (Å²) in [7, 11) is 5.84. The zero-order valence-corrected chi connectivity index (χ0v) is 36.0. The zero-order valence-electron chi connectivity index (χ0n) is 32.9. The van der Waals surface area contributed by atoms with E-state index in [4.69, 9.17) is 39.1 Å². The van der Waals surface area contributed by atoms with Crippen molar-refractivity contribution in [1.29, 1.82) is 0 Å². The Bertz CT molecular complexity index is 2810. The number of hydrogen-bond donors (Lipinski definition) is 2. The van der Waals surface area contributed by atoms with E-state index in [0.29, 0.717) is 68.6 Å². The highest BCUT2D eigenvalue weighted by Gasteiger charge is 2.43. The summed E-state index contributed by atoms with van der Waals surface area (Å²) in [6, 6.07) is 17.3. The van der Waals surface area contributed by atoms with E-state index in [2.05, 4.69) is 53.9 Å². The van der Waals surface area contributed by atoms with Crippen LogP contribution in [0.5, 0.6) is 0 Å². The molecular weight excluding hydrogens is 907 g/mol. The fourth-order valence-electron chi connectivity index (χ4n) is 6.32. The molecule has 19 heteroatoms. The fraction of sp³-hybridized carbons (Fsp3) is 0.256. The lowest BCUT2D eigenvalue weighted by Gasteiger charge is -2.13. The van der Waals surface area contributed by atoms with Gasteiger partial charge in [-0.3, -0.25) is 9.59 Å². The molecule has 2 atom stereocenters. The summed E-state index contributed by atoms with van der Waals surface area (Å²) in [5, 5.41) is 30.6. The van der Waals surface area contributed by atoms with Gasteiger partial charge < -0.3 is 29.5 Å². The molecule has 8 rings (SSSR count). The molecular formula is C43H39BrCl2N8O8. The molecule has 0 saturated carbocycles. The molecule has 2 aliphatic heterocycles. The number of aromatic nitrogens is 6. The molecule has 320 valence electrons. The van der Waals surface area contributed by atoms with E-state index >= 15 is 0 Å². The Hall–Kier alpha value is -6.34. The van der Waals surface area contributed by atoms with Gasteiger partial charge in [-0.2, -0.15) is 10.2 Å². The summed E-state index contributed by atoms with van der Waals surface area (Å²) in [6.45, 7) is 0.978. The van der Waals surface area contributed by atoms with Gasteiger partial charge in [0.25, 0.3) is 11.8 Å². The molecule has 0 bridgehead atoms. The third-order valence-electron chi connectivity index (χ3n) is 9.53. The second kappa shape index (κ2) is 19.1. The van der Waals surface area contributed by atoms with Crippen LogP contribution in [-0.4, -0.2) is 126 Å². The fourth-order valence-corrected chi connectivity index (χ4v) is 7.39. The molecule has 0 unspecified atom stereocenters. The summed E-state index contributed by atoms with van der Waals surface area (Å²) in [5.74, 6) is 5.70. The number of likely N-dealkylation sites (N-methyl/N-ethyl adjacent to an activating group) is 2. The molecule has 16 nitrogen and oxygen atoms in total. The molecule has 2 saturated heterocycles. The van der Waals surface area contributed by atoms with Gasteiger partial charge in [0, 0.05) is 72.5 Å². The van der Waals surface area contributed by atoms with Crippen LogP contribution in [0.3, 0.4) is 0 Å². The van der Waals surface area contributed by atoms with E-state index in [1.807, 2.05) is 6.07 Å². The van der Waals surface area contributed by atoms with Gasteiger partial charge in [-0.05, 0) is 60.7 Å². The Morgan fingerprint density at radius 1 is 0.774 bits per heavy atom. The number of carbonyl (C=O) groups excluding carboxylic acids is 4. The van der Waals surface area contributed by atoms with Crippen molar-refractivity contribution >= 4 is 85.0 Å². The van der Waals surface area contributed by atoms with Crippen molar-refractivity contribution in [3.8, 4) is 35.6 Å². The number of methoxy groups -OCH3 is 2. The van der Waals surface area contributed by atoms with E-state index < -0.39 is 29.0 Å². The Kier molecular flexibility index (Phi) is 14.4. The number of amides is 2. The second-order valence-corrected chi connectivity index (χ2v) is 15.4. The van der Waals surface area contributed by atoms with Gasteiger partial charge in [-0.15, -0.1) is 6.42 Å². The van der Waals surface area contributed by atoms with Gasteiger partial charge in [-0.25, -0.2) is 28.9 Å². The average molecular weight is 947 g/mol. The van der Waals surface area contributed by atoms with Gasteiger partial charge in [0.1, 0.15) is 0 Å². The number of terminal acetylenes is 1. The third kappa shape index (κ3) is 9.58. The van der Waals surface area contributed by atoms with E-state index in [1.54, 1.807) is 85.8 Å². The minimum absolute atomic E-state index is 0. The minimum atomic E-state index is -1.71.